The Kier molecular flexibility index (Phi) is 3.71. The predicted octanol–water partition coefficient (Wildman–Crippen LogP) is 1.67. The van der Waals surface area contributed by atoms with Crippen LogP contribution in [-0.2, 0) is 10.0 Å². The van der Waals surface area contributed by atoms with Crippen LogP contribution in [0.25, 0.3) is 0 Å². The molecule has 1 aromatic rings. The van der Waals surface area contributed by atoms with E-state index in [1.165, 1.54) is 0 Å². The standard InChI is InChI=1S/C9H11ClN2O2S/c1-11-9(10)7-3-5-8(6-4-7)12-15(2,13)14/h3-6,12H,1-2H3. The summed E-state index contributed by atoms with van der Waals surface area (Å²) in [6.45, 7) is 0. The lowest BCUT2D eigenvalue weighted by Crippen LogP contribution is -2.09. The number of hydrogen-bond acceptors (Lipinski definition) is 3. The number of anilines is 1. The molecule has 15 heavy (non-hydrogen) atoms. The summed E-state index contributed by atoms with van der Waals surface area (Å²) in [5.74, 6) is 0. The normalized spacial score (nSPS) is 12.6. The van der Waals surface area contributed by atoms with Crippen molar-refractivity contribution < 1.29 is 8.42 Å². The third-order valence-electron chi connectivity index (χ3n) is 1.62. The first-order valence-corrected chi connectivity index (χ1v) is 6.40. The number of nitrogens with one attached hydrogen (secondary N) is 1. The zero-order chi connectivity index (χ0) is 11.5. The summed E-state index contributed by atoms with van der Waals surface area (Å²) < 4.78 is 24.2. The van der Waals surface area contributed by atoms with Crippen LogP contribution in [0, 0.1) is 0 Å². The molecule has 0 amide bonds. The first-order valence-electron chi connectivity index (χ1n) is 4.13. The van der Waals surface area contributed by atoms with Gasteiger partial charge >= 0.3 is 0 Å². The van der Waals surface area contributed by atoms with Crippen molar-refractivity contribution in [1.82, 2.24) is 0 Å². The van der Waals surface area contributed by atoms with E-state index in [4.69, 9.17) is 11.6 Å². The third kappa shape index (κ3) is 3.89. The maximum absolute atomic E-state index is 10.9. The van der Waals surface area contributed by atoms with E-state index in [0.717, 1.165) is 11.8 Å². The van der Waals surface area contributed by atoms with Crippen LogP contribution in [0.4, 0.5) is 5.69 Å². The highest BCUT2D eigenvalue weighted by molar-refractivity contribution is 7.92. The van der Waals surface area contributed by atoms with Gasteiger partial charge in [-0.1, -0.05) is 11.6 Å². The molecule has 0 fully saturated rings. The van der Waals surface area contributed by atoms with Crippen molar-refractivity contribution in [3.63, 3.8) is 0 Å². The quantitative estimate of drug-likeness (QED) is 0.825. The predicted molar refractivity (Wildman–Crippen MR) is 63.2 cm³/mol. The summed E-state index contributed by atoms with van der Waals surface area (Å²) in [5.41, 5.74) is 1.25. The molecule has 1 N–H and O–H groups in total. The van der Waals surface area contributed by atoms with Crippen LogP contribution in [-0.4, -0.2) is 26.9 Å². The van der Waals surface area contributed by atoms with Crippen LogP contribution in [0.15, 0.2) is 29.3 Å². The van der Waals surface area contributed by atoms with Gasteiger partial charge < -0.3 is 0 Å². The smallest absolute Gasteiger partial charge is 0.229 e. The van der Waals surface area contributed by atoms with E-state index in [-0.39, 0.29) is 0 Å². The fourth-order valence-electron chi connectivity index (χ4n) is 1.02. The first-order chi connectivity index (χ1) is 6.92. The molecule has 0 heterocycles. The molecule has 0 spiro atoms. The van der Waals surface area contributed by atoms with Gasteiger partial charge in [0, 0.05) is 18.3 Å². The first kappa shape index (κ1) is 12.0. The van der Waals surface area contributed by atoms with Crippen LogP contribution in [0.1, 0.15) is 5.56 Å². The van der Waals surface area contributed by atoms with E-state index in [2.05, 4.69) is 9.71 Å². The van der Waals surface area contributed by atoms with Crippen molar-refractivity contribution in [3.05, 3.63) is 29.8 Å². The lowest BCUT2D eigenvalue weighted by atomic mass is 10.2. The highest BCUT2D eigenvalue weighted by atomic mass is 35.5. The minimum absolute atomic E-state index is 0.390. The summed E-state index contributed by atoms with van der Waals surface area (Å²) in [6, 6.07) is 6.65. The molecule has 0 saturated heterocycles. The number of rotatable bonds is 3. The monoisotopic (exact) mass is 246 g/mol. The lowest BCUT2D eigenvalue weighted by molar-refractivity contribution is 0.607. The van der Waals surface area contributed by atoms with Gasteiger partial charge in [0.25, 0.3) is 0 Å². The molecule has 4 nitrogen and oxygen atoms in total. The van der Waals surface area contributed by atoms with Crippen LogP contribution in [0.2, 0.25) is 0 Å². The largest absolute Gasteiger partial charge is 0.284 e. The van der Waals surface area contributed by atoms with E-state index in [1.54, 1.807) is 31.3 Å². The topological polar surface area (TPSA) is 58.5 Å². The van der Waals surface area contributed by atoms with Crippen molar-refractivity contribution in [2.45, 2.75) is 0 Å². The fourth-order valence-corrected chi connectivity index (χ4v) is 1.71. The Balaban J connectivity index is 2.91. The minimum atomic E-state index is -3.23. The Hall–Kier alpha value is -1.07. The van der Waals surface area contributed by atoms with Crippen LogP contribution >= 0.6 is 11.6 Å². The van der Waals surface area contributed by atoms with Crippen LogP contribution in [0.3, 0.4) is 0 Å². The van der Waals surface area contributed by atoms with Crippen molar-refractivity contribution in [3.8, 4) is 0 Å². The second-order valence-corrected chi connectivity index (χ2v) is 5.07. The second kappa shape index (κ2) is 4.63. The average molecular weight is 247 g/mol. The van der Waals surface area contributed by atoms with Gasteiger partial charge in [-0.3, -0.25) is 9.71 Å². The Bertz CT molecular complexity index is 465. The zero-order valence-corrected chi connectivity index (χ0v) is 9.93. The number of halogens is 1. The summed E-state index contributed by atoms with van der Waals surface area (Å²) in [6.07, 6.45) is 1.10. The van der Waals surface area contributed by atoms with Crippen LogP contribution in [0.5, 0.6) is 0 Å². The van der Waals surface area contributed by atoms with Gasteiger partial charge in [0.2, 0.25) is 10.0 Å². The van der Waals surface area contributed by atoms with E-state index in [9.17, 15) is 8.42 Å². The molecule has 0 aliphatic rings. The number of benzene rings is 1. The fraction of sp³-hybridized carbons (Fsp3) is 0.222. The molecule has 0 bridgehead atoms. The van der Waals surface area contributed by atoms with Gasteiger partial charge in [-0.15, -0.1) is 0 Å². The van der Waals surface area contributed by atoms with Crippen LogP contribution < -0.4 is 4.72 Å². The molecular formula is C9H11ClN2O2S. The average Bonchev–Trinajstić information content (AvgIpc) is 2.15. The van der Waals surface area contributed by atoms with E-state index < -0.39 is 10.0 Å². The number of hydrogen-bond donors (Lipinski definition) is 1. The summed E-state index contributed by atoms with van der Waals surface area (Å²) >= 11 is 5.79. The molecule has 0 aromatic heterocycles. The summed E-state index contributed by atoms with van der Waals surface area (Å²) in [5, 5.41) is 0.390. The number of aliphatic imine (C=N–C) groups is 1. The number of nitrogens with zero attached hydrogens (tertiary/aromatic N) is 1. The van der Waals surface area contributed by atoms with Gasteiger partial charge in [-0.25, -0.2) is 8.42 Å². The number of sulfonamides is 1. The molecule has 0 unspecified atom stereocenters. The maximum Gasteiger partial charge on any atom is 0.229 e. The Labute approximate surface area is 94.0 Å². The van der Waals surface area contributed by atoms with Gasteiger partial charge in [0.15, 0.2) is 0 Å². The molecule has 82 valence electrons. The highest BCUT2D eigenvalue weighted by Gasteiger charge is 2.02. The van der Waals surface area contributed by atoms with E-state index >= 15 is 0 Å². The highest BCUT2D eigenvalue weighted by Crippen LogP contribution is 2.12. The molecular weight excluding hydrogens is 236 g/mol. The van der Waals surface area contributed by atoms with Crippen molar-refractivity contribution in [2.24, 2.45) is 4.99 Å². The molecule has 0 saturated carbocycles. The molecule has 6 heteroatoms. The summed E-state index contributed by atoms with van der Waals surface area (Å²) in [7, 11) is -1.64. The molecule has 0 aliphatic heterocycles. The third-order valence-corrected chi connectivity index (χ3v) is 2.62. The van der Waals surface area contributed by atoms with E-state index in [1.807, 2.05) is 0 Å². The summed E-state index contributed by atoms with van der Waals surface area (Å²) in [4.78, 5) is 3.81. The van der Waals surface area contributed by atoms with Gasteiger partial charge in [0.05, 0.1) is 6.26 Å². The maximum atomic E-state index is 10.9. The molecule has 1 aromatic carbocycles. The molecule has 0 atom stereocenters. The zero-order valence-electron chi connectivity index (χ0n) is 8.36. The van der Waals surface area contributed by atoms with Gasteiger partial charge in [0.1, 0.15) is 5.17 Å². The molecule has 0 aliphatic carbocycles. The Morgan fingerprint density at radius 3 is 2.27 bits per heavy atom. The van der Waals surface area contributed by atoms with Crippen molar-refractivity contribution >= 4 is 32.5 Å². The minimum Gasteiger partial charge on any atom is -0.284 e. The van der Waals surface area contributed by atoms with Gasteiger partial charge in [-0.05, 0) is 24.3 Å². The van der Waals surface area contributed by atoms with E-state index in [0.29, 0.717) is 10.9 Å². The van der Waals surface area contributed by atoms with Crippen molar-refractivity contribution in [1.29, 1.82) is 0 Å². The Morgan fingerprint density at radius 2 is 1.87 bits per heavy atom. The Morgan fingerprint density at radius 1 is 1.33 bits per heavy atom. The molecule has 1 rings (SSSR count). The lowest BCUT2D eigenvalue weighted by Gasteiger charge is -2.04. The van der Waals surface area contributed by atoms with Gasteiger partial charge in [-0.2, -0.15) is 0 Å². The SMILES string of the molecule is CN=C(Cl)c1ccc(NS(C)(=O)=O)cc1. The van der Waals surface area contributed by atoms with Crippen molar-refractivity contribution in [2.75, 3.05) is 18.0 Å². The second-order valence-electron chi connectivity index (χ2n) is 2.97. The molecule has 0 radical (unpaired) electrons.